The van der Waals surface area contributed by atoms with E-state index >= 15 is 0 Å². The number of benzene rings is 1. The van der Waals surface area contributed by atoms with Crippen molar-refractivity contribution in [3.8, 4) is 5.75 Å². The Bertz CT molecular complexity index is 500. The Morgan fingerprint density at radius 3 is 2.53 bits per heavy atom. The molecule has 1 aromatic rings. The number of hydrogen-bond acceptors (Lipinski definition) is 4. The van der Waals surface area contributed by atoms with Crippen LogP contribution in [0.15, 0.2) is 21.5 Å². The lowest BCUT2D eigenvalue weighted by atomic mass is 10.1. The maximum Gasteiger partial charge on any atom is 0.179 e. The van der Waals surface area contributed by atoms with Gasteiger partial charge in [0.05, 0.1) is 11.6 Å². The summed E-state index contributed by atoms with van der Waals surface area (Å²) in [5.41, 5.74) is 6.37. The van der Waals surface area contributed by atoms with Crippen LogP contribution in [-0.2, 0) is 16.3 Å². The zero-order valence-electron chi connectivity index (χ0n) is 9.86. The molecule has 0 atom stereocenters. The molecule has 1 aromatic carbocycles. The van der Waals surface area contributed by atoms with Gasteiger partial charge in [-0.05, 0) is 53.0 Å². The van der Waals surface area contributed by atoms with E-state index in [0.29, 0.717) is 16.8 Å². The van der Waals surface area contributed by atoms with Gasteiger partial charge in [0.2, 0.25) is 0 Å². The van der Waals surface area contributed by atoms with E-state index in [0.717, 1.165) is 18.4 Å². The largest absolute Gasteiger partial charge is 0.494 e. The van der Waals surface area contributed by atoms with Gasteiger partial charge in [0.15, 0.2) is 15.6 Å². The maximum atomic E-state index is 11.7. The lowest BCUT2D eigenvalue weighted by Crippen LogP contribution is -2.04. The summed E-state index contributed by atoms with van der Waals surface area (Å²) in [6.45, 7) is 0.581. The van der Waals surface area contributed by atoms with Crippen LogP contribution in [0.25, 0.3) is 0 Å². The van der Waals surface area contributed by atoms with Crippen LogP contribution >= 0.6 is 15.9 Å². The number of hydrogen-bond donors (Lipinski definition) is 1. The molecular weight excluding hydrogens is 306 g/mol. The van der Waals surface area contributed by atoms with Crippen LogP contribution in [-0.4, -0.2) is 28.3 Å². The van der Waals surface area contributed by atoms with Crippen molar-refractivity contribution < 1.29 is 13.2 Å². The summed E-state index contributed by atoms with van der Waals surface area (Å²) < 4.78 is 29.1. The number of rotatable bonds is 5. The highest BCUT2D eigenvalue weighted by atomic mass is 79.9. The van der Waals surface area contributed by atoms with Gasteiger partial charge in [-0.3, -0.25) is 0 Å². The molecular formula is C11H16BrNO3S. The van der Waals surface area contributed by atoms with Crippen molar-refractivity contribution in [2.24, 2.45) is 5.73 Å². The van der Waals surface area contributed by atoms with Gasteiger partial charge in [-0.1, -0.05) is 0 Å². The van der Waals surface area contributed by atoms with Crippen molar-refractivity contribution in [2.45, 2.75) is 17.7 Å². The van der Waals surface area contributed by atoms with Crippen molar-refractivity contribution in [1.29, 1.82) is 0 Å². The highest BCUT2D eigenvalue weighted by molar-refractivity contribution is 9.10. The first kappa shape index (κ1) is 14.5. The van der Waals surface area contributed by atoms with Crippen molar-refractivity contribution in [2.75, 3.05) is 19.9 Å². The van der Waals surface area contributed by atoms with Gasteiger partial charge in [0, 0.05) is 6.26 Å². The van der Waals surface area contributed by atoms with Crippen LogP contribution in [0.1, 0.15) is 12.0 Å². The SMILES string of the molecule is COc1c(Br)cc(CCCN)cc1S(C)(=O)=O. The van der Waals surface area contributed by atoms with Gasteiger partial charge in [-0.2, -0.15) is 0 Å². The van der Waals surface area contributed by atoms with Gasteiger partial charge in [0.1, 0.15) is 4.90 Å². The fraction of sp³-hybridized carbons (Fsp3) is 0.455. The van der Waals surface area contributed by atoms with E-state index in [1.165, 1.54) is 13.4 Å². The molecule has 0 aliphatic rings. The third-order valence-corrected chi connectivity index (χ3v) is 4.03. The van der Waals surface area contributed by atoms with Crippen LogP contribution in [0.3, 0.4) is 0 Å². The van der Waals surface area contributed by atoms with Crippen molar-refractivity contribution in [1.82, 2.24) is 0 Å². The quantitative estimate of drug-likeness (QED) is 0.897. The van der Waals surface area contributed by atoms with E-state index in [4.69, 9.17) is 10.5 Å². The topological polar surface area (TPSA) is 69.4 Å². The molecule has 96 valence electrons. The van der Waals surface area contributed by atoms with Crippen LogP contribution in [0.4, 0.5) is 0 Å². The number of aryl methyl sites for hydroxylation is 1. The zero-order chi connectivity index (χ0) is 13.1. The molecule has 6 heteroatoms. The lowest BCUT2D eigenvalue weighted by Gasteiger charge is -2.11. The summed E-state index contributed by atoms with van der Waals surface area (Å²) >= 11 is 3.32. The second-order valence-corrected chi connectivity index (χ2v) is 6.61. The zero-order valence-corrected chi connectivity index (χ0v) is 12.3. The molecule has 0 aromatic heterocycles. The predicted octanol–water partition coefficient (Wildman–Crippen LogP) is 1.75. The average Bonchev–Trinajstić information content (AvgIpc) is 2.24. The van der Waals surface area contributed by atoms with Gasteiger partial charge < -0.3 is 10.5 Å². The molecule has 0 amide bonds. The van der Waals surface area contributed by atoms with E-state index in [1.54, 1.807) is 6.07 Å². The second-order valence-electron chi connectivity index (χ2n) is 3.77. The Balaban J connectivity index is 3.29. The maximum absolute atomic E-state index is 11.7. The fourth-order valence-corrected chi connectivity index (χ4v) is 3.24. The molecule has 0 spiro atoms. The molecule has 0 heterocycles. The molecule has 0 aliphatic heterocycles. The predicted molar refractivity (Wildman–Crippen MR) is 71.2 cm³/mol. The van der Waals surface area contributed by atoms with Gasteiger partial charge in [-0.25, -0.2) is 8.42 Å². The second kappa shape index (κ2) is 5.84. The monoisotopic (exact) mass is 321 g/mol. The molecule has 17 heavy (non-hydrogen) atoms. The van der Waals surface area contributed by atoms with Crippen LogP contribution in [0.5, 0.6) is 5.75 Å². The number of halogens is 1. The third kappa shape index (κ3) is 3.69. The molecule has 0 saturated carbocycles. The molecule has 0 fully saturated rings. The minimum absolute atomic E-state index is 0.210. The Labute approximate surface area is 110 Å². The Morgan fingerprint density at radius 2 is 2.06 bits per heavy atom. The number of methoxy groups -OCH3 is 1. The first-order valence-electron chi connectivity index (χ1n) is 5.16. The summed E-state index contributed by atoms with van der Waals surface area (Å²) in [5, 5.41) is 0. The number of ether oxygens (including phenoxy) is 1. The Hall–Kier alpha value is -0.590. The van der Waals surface area contributed by atoms with Crippen LogP contribution in [0, 0.1) is 0 Å². The molecule has 1 rings (SSSR count). The first-order valence-corrected chi connectivity index (χ1v) is 7.85. The van der Waals surface area contributed by atoms with Crippen molar-refractivity contribution in [3.05, 3.63) is 22.2 Å². The molecule has 4 nitrogen and oxygen atoms in total. The average molecular weight is 322 g/mol. The molecule has 0 bridgehead atoms. The van der Waals surface area contributed by atoms with Gasteiger partial charge >= 0.3 is 0 Å². The van der Waals surface area contributed by atoms with Crippen molar-refractivity contribution >= 4 is 25.8 Å². The van der Waals surface area contributed by atoms with Crippen molar-refractivity contribution in [3.63, 3.8) is 0 Å². The normalized spacial score (nSPS) is 11.5. The first-order chi connectivity index (χ1) is 7.90. The standard InChI is InChI=1S/C11H16BrNO3S/c1-16-11-9(12)6-8(4-3-5-13)7-10(11)17(2,14)15/h6-7H,3-5,13H2,1-2H3. The molecule has 0 radical (unpaired) electrons. The van der Waals surface area contributed by atoms with E-state index in [1.807, 2.05) is 6.07 Å². The van der Waals surface area contributed by atoms with E-state index < -0.39 is 9.84 Å². The number of sulfone groups is 1. The Kier molecular flexibility index (Phi) is 4.97. The van der Waals surface area contributed by atoms with E-state index in [9.17, 15) is 8.42 Å². The third-order valence-electron chi connectivity index (χ3n) is 2.34. The highest BCUT2D eigenvalue weighted by Gasteiger charge is 2.18. The molecule has 2 N–H and O–H groups in total. The molecule has 0 saturated heterocycles. The van der Waals surface area contributed by atoms with Crippen LogP contribution < -0.4 is 10.5 Å². The van der Waals surface area contributed by atoms with Gasteiger partial charge in [0.25, 0.3) is 0 Å². The lowest BCUT2D eigenvalue weighted by molar-refractivity contribution is 0.400. The molecule has 0 aliphatic carbocycles. The van der Waals surface area contributed by atoms with Crippen LogP contribution in [0.2, 0.25) is 0 Å². The minimum Gasteiger partial charge on any atom is -0.494 e. The summed E-state index contributed by atoms with van der Waals surface area (Å²) in [7, 11) is -1.85. The summed E-state index contributed by atoms with van der Waals surface area (Å²) in [6, 6.07) is 3.51. The fourth-order valence-electron chi connectivity index (χ4n) is 1.55. The smallest absolute Gasteiger partial charge is 0.179 e. The summed E-state index contributed by atoms with van der Waals surface area (Å²) in [4.78, 5) is 0.210. The summed E-state index contributed by atoms with van der Waals surface area (Å²) in [5.74, 6) is 0.351. The molecule has 0 unspecified atom stereocenters. The van der Waals surface area contributed by atoms with Gasteiger partial charge in [-0.15, -0.1) is 0 Å². The van der Waals surface area contributed by atoms with E-state index in [-0.39, 0.29) is 4.90 Å². The number of nitrogens with two attached hydrogens (primary N) is 1. The highest BCUT2D eigenvalue weighted by Crippen LogP contribution is 2.33. The Morgan fingerprint density at radius 1 is 1.41 bits per heavy atom. The van der Waals surface area contributed by atoms with E-state index in [2.05, 4.69) is 15.9 Å². The minimum atomic E-state index is -3.30. The summed E-state index contributed by atoms with van der Waals surface area (Å²) in [6.07, 6.45) is 2.74.